The molecule has 0 aliphatic heterocycles. The summed E-state index contributed by atoms with van der Waals surface area (Å²) in [5.41, 5.74) is 4.72. The van der Waals surface area contributed by atoms with Crippen molar-refractivity contribution in [3.8, 4) is 0 Å². The molecule has 1 aromatic rings. The van der Waals surface area contributed by atoms with Gasteiger partial charge in [0.2, 0.25) is 0 Å². The molecule has 16 heavy (non-hydrogen) atoms. The van der Waals surface area contributed by atoms with E-state index in [0.717, 1.165) is 27.8 Å². The molecule has 0 saturated carbocycles. The zero-order chi connectivity index (χ0) is 12.5. The summed E-state index contributed by atoms with van der Waals surface area (Å²) < 4.78 is 0. The fourth-order valence-corrected chi connectivity index (χ4v) is 1.96. The van der Waals surface area contributed by atoms with Gasteiger partial charge in [-0.1, -0.05) is 11.6 Å². The quantitative estimate of drug-likeness (QED) is 0.605. The number of rotatable bonds is 3. The molecule has 0 unspecified atom stereocenters. The van der Waals surface area contributed by atoms with Gasteiger partial charge in [0, 0.05) is 5.02 Å². The molecule has 1 rings (SSSR count). The second-order valence-electron chi connectivity index (χ2n) is 3.79. The van der Waals surface area contributed by atoms with Crippen molar-refractivity contribution in [1.29, 1.82) is 0 Å². The third kappa shape index (κ3) is 2.27. The van der Waals surface area contributed by atoms with Gasteiger partial charge in [-0.25, -0.2) is 0 Å². The second kappa shape index (κ2) is 4.70. The number of hydrogen-bond acceptors (Lipinski definition) is 3. The van der Waals surface area contributed by atoms with E-state index in [9.17, 15) is 10.1 Å². The number of hydrogen-bond donors (Lipinski definition) is 0. The fraction of sp³-hybridized carbons (Fsp3) is 0.455. The Bertz CT molecular complexity index is 414. The van der Waals surface area contributed by atoms with Crippen LogP contribution >= 0.6 is 11.6 Å². The minimum Gasteiger partial charge on any atom is -0.309 e. The summed E-state index contributed by atoms with van der Waals surface area (Å²) in [6, 6.07) is 0. The molecule has 0 aromatic heterocycles. The monoisotopic (exact) mass is 243 g/mol. The highest BCUT2D eigenvalue weighted by atomic mass is 35.5. The first-order valence-corrected chi connectivity index (χ1v) is 5.26. The number of nitrogens with zero attached hydrogens (tertiary/aromatic N) is 1. The predicted molar refractivity (Wildman–Crippen MR) is 62.2 cm³/mol. The topological polar surface area (TPSA) is 52.4 Å². The average molecular weight is 244 g/mol. The highest BCUT2D eigenvalue weighted by Crippen LogP contribution is 2.30. The van der Waals surface area contributed by atoms with E-state index in [0.29, 0.717) is 5.02 Å². The maximum Gasteiger partial charge on any atom is 0.294 e. The van der Waals surface area contributed by atoms with E-state index in [-0.39, 0.29) is 6.61 Å². The average Bonchev–Trinajstić information content (AvgIpc) is 2.23. The summed E-state index contributed by atoms with van der Waals surface area (Å²) >= 11 is 6.15. The third-order valence-electron chi connectivity index (χ3n) is 3.00. The molecule has 0 bridgehead atoms. The van der Waals surface area contributed by atoms with E-state index in [1.165, 1.54) is 0 Å². The summed E-state index contributed by atoms with van der Waals surface area (Å²) in [7, 11) is 0. The molecule has 0 aliphatic carbocycles. The maximum atomic E-state index is 10.2. The minimum atomic E-state index is -0.790. The summed E-state index contributed by atoms with van der Waals surface area (Å²) in [6.07, 6.45) is 0. The van der Waals surface area contributed by atoms with Crippen molar-refractivity contribution in [1.82, 2.24) is 0 Å². The Morgan fingerprint density at radius 1 is 1.12 bits per heavy atom. The Morgan fingerprint density at radius 2 is 1.69 bits per heavy atom. The van der Waals surface area contributed by atoms with Crippen molar-refractivity contribution in [3.63, 3.8) is 0 Å². The number of benzene rings is 1. The van der Waals surface area contributed by atoms with Crippen molar-refractivity contribution in [2.24, 2.45) is 0 Å². The van der Waals surface area contributed by atoms with Crippen molar-refractivity contribution < 1.29 is 9.92 Å². The zero-order valence-electron chi connectivity index (χ0n) is 9.76. The molecule has 0 fully saturated rings. The van der Waals surface area contributed by atoms with Crippen LogP contribution in [0.5, 0.6) is 0 Å². The van der Waals surface area contributed by atoms with Crippen LogP contribution in [0, 0.1) is 37.8 Å². The molecule has 0 amide bonds. The van der Waals surface area contributed by atoms with E-state index in [2.05, 4.69) is 4.84 Å². The van der Waals surface area contributed by atoms with Crippen LogP contribution in [0.15, 0.2) is 0 Å². The van der Waals surface area contributed by atoms with Crippen LogP contribution in [0.1, 0.15) is 27.8 Å². The lowest BCUT2D eigenvalue weighted by Gasteiger charge is -2.16. The van der Waals surface area contributed by atoms with Gasteiger partial charge in [-0.2, -0.15) is 0 Å². The predicted octanol–water partition coefficient (Wildman–Crippen LogP) is 3.28. The molecule has 1 aromatic carbocycles. The molecule has 5 heteroatoms. The molecule has 0 atom stereocenters. The maximum absolute atomic E-state index is 10.2. The highest BCUT2D eigenvalue weighted by molar-refractivity contribution is 6.32. The van der Waals surface area contributed by atoms with Crippen LogP contribution in [0.3, 0.4) is 0 Å². The van der Waals surface area contributed by atoms with Crippen molar-refractivity contribution in [2.75, 3.05) is 0 Å². The first kappa shape index (κ1) is 12.8. The van der Waals surface area contributed by atoms with Crippen molar-refractivity contribution >= 4 is 11.6 Å². The van der Waals surface area contributed by atoms with Crippen LogP contribution in [0.25, 0.3) is 0 Å². The normalized spacial score (nSPS) is 10.3. The van der Waals surface area contributed by atoms with E-state index in [4.69, 9.17) is 11.6 Å². The Hall–Kier alpha value is -1.29. The van der Waals surface area contributed by atoms with Crippen molar-refractivity contribution in [3.05, 3.63) is 43.0 Å². The van der Waals surface area contributed by atoms with Gasteiger partial charge >= 0.3 is 0 Å². The standard InChI is InChI=1S/C11H14ClNO3/c1-6-7(2)10(5-16-13(14)15)9(4)11(12)8(6)3/h5H2,1-4H3. The number of halogens is 1. The van der Waals surface area contributed by atoms with Gasteiger partial charge in [0.1, 0.15) is 6.61 Å². The molecule has 0 radical (unpaired) electrons. The van der Waals surface area contributed by atoms with Crippen LogP contribution < -0.4 is 0 Å². The Kier molecular flexibility index (Phi) is 3.75. The van der Waals surface area contributed by atoms with E-state index in [1.54, 1.807) is 0 Å². The molecule has 4 nitrogen and oxygen atoms in total. The Morgan fingerprint density at radius 3 is 2.19 bits per heavy atom. The third-order valence-corrected chi connectivity index (χ3v) is 3.57. The van der Waals surface area contributed by atoms with Crippen LogP contribution in [-0.4, -0.2) is 5.09 Å². The molecule has 0 spiro atoms. The summed E-state index contributed by atoms with van der Waals surface area (Å²) in [4.78, 5) is 14.6. The second-order valence-corrected chi connectivity index (χ2v) is 4.17. The van der Waals surface area contributed by atoms with Crippen LogP contribution in [0.4, 0.5) is 0 Å². The molecule has 0 aliphatic rings. The molecule has 0 heterocycles. The lowest BCUT2D eigenvalue weighted by molar-refractivity contribution is -0.763. The summed E-state index contributed by atoms with van der Waals surface area (Å²) in [6.45, 7) is 7.61. The SMILES string of the molecule is Cc1c(C)c(Cl)c(C)c(CO[N+](=O)[O-])c1C. The first-order chi connectivity index (χ1) is 7.36. The minimum absolute atomic E-state index is 0.0501. The van der Waals surface area contributed by atoms with E-state index >= 15 is 0 Å². The molecule has 0 N–H and O–H groups in total. The zero-order valence-corrected chi connectivity index (χ0v) is 10.5. The Balaban J connectivity index is 3.23. The molecule has 88 valence electrons. The van der Waals surface area contributed by atoms with E-state index in [1.807, 2.05) is 27.7 Å². The van der Waals surface area contributed by atoms with Crippen LogP contribution in [0.2, 0.25) is 5.02 Å². The summed E-state index contributed by atoms with van der Waals surface area (Å²) in [5.74, 6) is 0. The van der Waals surface area contributed by atoms with Gasteiger partial charge in [-0.3, -0.25) is 0 Å². The van der Waals surface area contributed by atoms with Crippen molar-refractivity contribution in [2.45, 2.75) is 34.3 Å². The molecule has 0 saturated heterocycles. The highest BCUT2D eigenvalue weighted by Gasteiger charge is 2.14. The lowest BCUT2D eigenvalue weighted by atomic mass is 9.94. The Labute approximate surface area is 99.3 Å². The van der Waals surface area contributed by atoms with Gasteiger partial charge in [-0.15, -0.1) is 10.1 Å². The van der Waals surface area contributed by atoms with E-state index < -0.39 is 5.09 Å². The summed E-state index contributed by atoms with van der Waals surface area (Å²) in [5, 5.41) is 10.1. The molecular formula is C11H14ClNO3. The smallest absolute Gasteiger partial charge is 0.294 e. The largest absolute Gasteiger partial charge is 0.309 e. The van der Waals surface area contributed by atoms with Crippen LogP contribution in [-0.2, 0) is 11.4 Å². The van der Waals surface area contributed by atoms with Gasteiger partial charge in [0.15, 0.2) is 0 Å². The van der Waals surface area contributed by atoms with Gasteiger partial charge in [0.25, 0.3) is 5.09 Å². The molecular weight excluding hydrogens is 230 g/mol. The van der Waals surface area contributed by atoms with Gasteiger partial charge < -0.3 is 4.84 Å². The first-order valence-electron chi connectivity index (χ1n) is 4.88. The lowest BCUT2D eigenvalue weighted by Crippen LogP contribution is -2.06. The van der Waals surface area contributed by atoms with Gasteiger partial charge in [0.05, 0.1) is 0 Å². The van der Waals surface area contributed by atoms with Gasteiger partial charge in [-0.05, 0) is 55.5 Å². The fourth-order valence-electron chi connectivity index (χ4n) is 1.70.